The number of nitrogens with zero attached hydrogens (tertiary/aromatic N) is 2. The molecular formula is C13H13ClN4O. The van der Waals surface area contributed by atoms with E-state index in [9.17, 15) is 4.79 Å². The maximum absolute atomic E-state index is 12.1. The van der Waals surface area contributed by atoms with E-state index in [1.807, 2.05) is 0 Å². The molecule has 19 heavy (non-hydrogen) atoms. The van der Waals surface area contributed by atoms with Crippen molar-refractivity contribution in [3.05, 3.63) is 47.7 Å². The first-order chi connectivity index (χ1) is 9.09. The number of amides is 2. The topological polar surface area (TPSA) is 71.2 Å². The Morgan fingerprint density at radius 1 is 1.37 bits per heavy atom. The average Bonchev–Trinajstić information content (AvgIpc) is 2.41. The van der Waals surface area contributed by atoms with Crippen molar-refractivity contribution < 1.29 is 4.79 Å². The van der Waals surface area contributed by atoms with E-state index in [0.717, 1.165) is 0 Å². The summed E-state index contributed by atoms with van der Waals surface area (Å²) >= 11 is 5.98. The fourth-order valence-corrected chi connectivity index (χ4v) is 1.76. The second-order valence-corrected chi connectivity index (χ2v) is 4.31. The van der Waals surface area contributed by atoms with Crippen LogP contribution < -0.4 is 16.0 Å². The first kappa shape index (κ1) is 13.2. The Hall–Kier alpha value is -2.27. The number of nitrogens with one attached hydrogen (secondary N) is 1. The molecule has 3 N–H and O–H groups in total. The lowest BCUT2D eigenvalue weighted by molar-refractivity contribution is 0.258. The van der Waals surface area contributed by atoms with E-state index >= 15 is 0 Å². The lowest BCUT2D eigenvalue weighted by Gasteiger charge is -2.19. The molecule has 0 unspecified atom stereocenters. The van der Waals surface area contributed by atoms with E-state index in [0.29, 0.717) is 22.1 Å². The van der Waals surface area contributed by atoms with Gasteiger partial charge in [-0.15, -0.1) is 0 Å². The summed E-state index contributed by atoms with van der Waals surface area (Å²) in [7, 11) is 1.62. The van der Waals surface area contributed by atoms with Crippen LogP contribution in [0.2, 0.25) is 5.02 Å². The molecule has 0 spiro atoms. The molecule has 1 aromatic carbocycles. The van der Waals surface area contributed by atoms with Crippen molar-refractivity contribution in [1.82, 2.24) is 4.98 Å². The zero-order chi connectivity index (χ0) is 13.8. The van der Waals surface area contributed by atoms with Crippen LogP contribution in [0.5, 0.6) is 0 Å². The third kappa shape index (κ3) is 2.95. The van der Waals surface area contributed by atoms with Crippen LogP contribution in [-0.4, -0.2) is 18.1 Å². The quantitative estimate of drug-likeness (QED) is 0.886. The molecule has 0 fully saturated rings. The average molecular weight is 277 g/mol. The van der Waals surface area contributed by atoms with Crippen LogP contribution in [0.4, 0.5) is 21.9 Å². The van der Waals surface area contributed by atoms with Crippen LogP contribution in [0.15, 0.2) is 42.7 Å². The van der Waals surface area contributed by atoms with Crippen LogP contribution in [0.25, 0.3) is 0 Å². The van der Waals surface area contributed by atoms with Crippen LogP contribution in [0.1, 0.15) is 0 Å². The highest BCUT2D eigenvalue weighted by Crippen LogP contribution is 2.23. The molecule has 98 valence electrons. The fraction of sp³-hybridized carbons (Fsp3) is 0.0769. The monoisotopic (exact) mass is 276 g/mol. The molecule has 0 bridgehead atoms. The number of aromatic nitrogens is 1. The molecule has 1 aromatic heterocycles. The van der Waals surface area contributed by atoms with Gasteiger partial charge in [0.25, 0.3) is 0 Å². The number of urea groups is 1. The van der Waals surface area contributed by atoms with Gasteiger partial charge in [-0.1, -0.05) is 23.7 Å². The SMILES string of the molecule is CN(C(=O)Nc1ccccc1Cl)c1ccncc1N. The number of carbonyl (C=O) groups is 1. The van der Waals surface area contributed by atoms with Gasteiger partial charge >= 0.3 is 6.03 Å². The third-order valence-corrected chi connectivity index (χ3v) is 2.94. The predicted molar refractivity (Wildman–Crippen MR) is 77.5 cm³/mol. The maximum Gasteiger partial charge on any atom is 0.326 e. The largest absolute Gasteiger partial charge is 0.396 e. The molecule has 2 amide bonds. The first-order valence-corrected chi connectivity index (χ1v) is 5.96. The molecule has 2 rings (SSSR count). The Labute approximate surface area is 116 Å². The van der Waals surface area contributed by atoms with Gasteiger partial charge in [-0.3, -0.25) is 9.88 Å². The van der Waals surface area contributed by atoms with Gasteiger partial charge in [0.1, 0.15) is 0 Å². The molecule has 2 aromatic rings. The summed E-state index contributed by atoms with van der Waals surface area (Å²) < 4.78 is 0. The van der Waals surface area contributed by atoms with E-state index in [1.54, 1.807) is 43.6 Å². The van der Waals surface area contributed by atoms with Crippen molar-refractivity contribution in [2.24, 2.45) is 0 Å². The molecule has 0 aliphatic rings. The molecule has 0 saturated heterocycles. The molecule has 0 atom stereocenters. The summed E-state index contributed by atoms with van der Waals surface area (Å²) in [5.74, 6) is 0. The molecule has 0 aliphatic carbocycles. The number of carbonyl (C=O) groups excluding carboxylic acids is 1. The van der Waals surface area contributed by atoms with Crippen molar-refractivity contribution in [2.45, 2.75) is 0 Å². The molecule has 1 heterocycles. The number of nitrogens with two attached hydrogens (primary N) is 1. The van der Waals surface area contributed by atoms with Crippen LogP contribution >= 0.6 is 11.6 Å². The summed E-state index contributed by atoms with van der Waals surface area (Å²) in [4.78, 5) is 17.4. The van der Waals surface area contributed by atoms with Gasteiger partial charge in [0.15, 0.2) is 0 Å². The normalized spacial score (nSPS) is 10.0. The Morgan fingerprint density at radius 2 is 2.11 bits per heavy atom. The van der Waals surface area contributed by atoms with E-state index in [2.05, 4.69) is 10.3 Å². The summed E-state index contributed by atoms with van der Waals surface area (Å²) in [5.41, 5.74) is 7.33. The zero-order valence-electron chi connectivity index (χ0n) is 10.3. The lowest BCUT2D eigenvalue weighted by Crippen LogP contribution is -2.31. The molecular weight excluding hydrogens is 264 g/mol. The lowest BCUT2D eigenvalue weighted by atomic mass is 10.3. The van der Waals surface area contributed by atoms with Gasteiger partial charge in [0, 0.05) is 13.2 Å². The van der Waals surface area contributed by atoms with Crippen LogP contribution in [-0.2, 0) is 0 Å². The van der Waals surface area contributed by atoms with E-state index in [4.69, 9.17) is 17.3 Å². The fourth-order valence-electron chi connectivity index (χ4n) is 1.58. The second kappa shape index (κ2) is 5.58. The highest BCUT2D eigenvalue weighted by molar-refractivity contribution is 6.33. The van der Waals surface area contributed by atoms with Gasteiger partial charge in [0.2, 0.25) is 0 Å². The van der Waals surface area contributed by atoms with E-state index in [1.165, 1.54) is 11.1 Å². The van der Waals surface area contributed by atoms with E-state index in [-0.39, 0.29) is 6.03 Å². The Balaban J connectivity index is 2.17. The van der Waals surface area contributed by atoms with Crippen LogP contribution in [0, 0.1) is 0 Å². The summed E-state index contributed by atoms with van der Waals surface area (Å²) in [6.45, 7) is 0. The molecule has 0 radical (unpaired) electrons. The van der Waals surface area contributed by atoms with Crippen molar-refractivity contribution in [2.75, 3.05) is 23.0 Å². The Kier molecular flexibility index (Phi) is 3.87. The van der Waals surface area contributed by atoms with Crippen molar-refractivity contribution >= 4 is 34.7 Å². The van der Waals surface area contributed by atoms with Crippen molar-refractivity contribution in [3.63, 3.8) is 0 Å². The summed E-state index contributed by atoms with van der Waals surface area (Å²) in [6, 6.07) is 8.36. The summed E-state index contributed by atoms with van der Waals surface area (Å²) in [6.07, 6.45) is 3.07. The number of pyridine rings is 1. The predicted octanol–water partition coefficient (Wildman–Crippen LogP) is 2.99. The van der Waals surface area contributed by atoms with E-state index < -0.39 is 0 Å². The number of hydrogen-bond donors (Lipinski definition) is 2. The Morgan fingerprint density at radius 3 is 2.79 bits per heavy atom. The maximum atomic E-state index is 12.1. The zero-order valence-corrected chi connectivity index (χ0v) is 11.1. The molecule has 0 aliphatic heterocycles. The van der Waals surface area contributed by atoms with Crippen molar-refractivity contribution in [3.8, 4) is 0 Å². The number of anilines is 3. The molecule has 0 saturated carbocycles. The summed E-state index contributed by atoms with van der Waals surface area (Å²) in [5, 5.41) is 3.19. The number of rotatable bonds is 2. The minimum absolute atomic E-state index is 0.328. The van der Waals surface area contributed by atoms with Gasteiger partial charge in [-0.25, -0.2) is 4.79 Å². The second-order valence-electron chi connectivity index (χ2n) is 3.90. The van der Waals surface area contributed by atoms with Crippen LogP contribution in [0.3, 0.4) is 0 Å². The van der Waals surface area contributed by atoms with Gasteiger partial charge in [-0.2, -0.15) is 0 Å². The molecule has 5 nitrogen and oxygen atoms in total. The number of halogens is 1. The Bertz CT molecular complexity index is 603. The highest BCUT2D eigenvalue weighted by Gasteiger charge is 2.14. The minimum Gasteiger partial charge on any atom is -0.396 e. The highest BCUT2D eigenvalue weighted by atomic mass is 35.5. The van der Waals surface area contributed by atoms with Gasteiger partial charge in [-0.05, 0) is 18.2 Å². The standard InChI is InChI=1S/C13H13ClN4O/c1-18(12-6-7-16-8-10(12)15)13(19)17-11-5-3-2-4-9(11)14/h2-8H,15H2,1H3,(H,17,19). The molecule has 6 heteroatoms. The number of para-hydroxylation sites is 1. The first-order valence-electron chi connectivity index (χ1n) is 5.58. The number of nitrogen functional groups attached to an aromatic ring is 1. The number of benzene rings is 1. The third-order valence-electron chi connectivity index (χ3n) is 2.61. The smallest absolute Gasteiger partial charge is 0.326 e. The van der Waals surface area contributed by atoms with Gasteiger partial charge in [0.05, 0.1) is 28.3 Å². The number of hydrogen-bond acceptors (Lipinski definition) is 3. The van der Waals surface area contributed by atoms with Gasteiger partial charge < -0.3 is 11.1 Å². The van der Waals surface area contributed by atoms with Crippen molar-refractivity contribution in [1.29, 1.82) is 0 Å². The minimum atomic E-state index is -0.328.